The van der Waals surface area contributed by atoms with Crippen molar-refractivity contribution < 1.29 is 4.42 Å². The highest BCUT2D eigenvalue weighted by atomic mass is 32.2. The van der Waals surface area contributed by atoms with Crippen LogP contribution in [0.2, 0.25) is 0 Å². The molecule has 2 aromatic rings. The number of fused-ring (bicyclic) bond motifs is 1. The molecule has 20 heavy (non-hydrogen) atoms. The SMILES string of the molecule is CNC(CC1CCSCC1)c1cc2cc(C)ccc2o1. The Morgan fingerprint density at radius 2 is 2.10 bits per heavy atom. The van der Waals surface area contributed by atoms with Gasteiger partial charge in [-0.15, -0.1) is 0 Å². The number of nitrogens with one attached hydrogen (secondary N) is 1. The van der Waals surface area contributed by atoms with Gasteiger partial charge in [0.1, 0.15) is 11.3 Å². The highest BCUT2D eigenvalue weighted by Crippen LogP contribution is 2.33. The molecule has 3 heteroatoms. The highest BCUT2D eigenvalue weighted by Gasteiger charge is 2.21. The van der Waals surface area contributed by atoms with Gasteiger partial charge in [0.25, 0.3) is 0 Å². The van der Waals surface area contributed by atoms with E-state index < -0.39 is 0 Å². The van der Waals surface area contributed by atoms with Crippen LogP contribution in [0, 0.1) is 12.8 Å². The molecule has 108 valence electrons. The maximum atomic E-state index is 6.05. The molecule has 1 N–H and O–H groups in total. The fourth-order valence-electron chi connectivity index (χ4n) is 3.05. The van der Waals surface area contributed by atoms with E-state index in [0.29, 0.717) is 6.04 Å². The first kappa shape index (κ1) is 14.0. The lowest BCUT2D eigenvalue weighted by molar-refractivity contribution is 0.347. The van der Waals surface area contributed by atoms with Crippen molar-refractivity contribution in [1.82, 2.24) is 5.32 Å². The zero-order chi connectivity index (χ0) is 13.9. The molecule has 1 aliphatic heterocycles. The smallest absolute Gasteiger partial charge is 0.134 e. The molecule has 1 atom stereocenters. The molecule has 0 radical (unpaired) electrons. The third-order valence-corrected chi connectivity index (χ3v) is 5.34. The minimum Gasteiger partial charge on any atom is -0.459 e. The van der Waals surface area contributed by atoms with E-state index in [1.165, 1.54) is 41.7 Å². The lowest BCUT2D eigenvalue weighted by Gasteiger charge is -2.25. The van der Waals surface area contributed by atoms with Crippen LogP contribution in [0.25, 0.3) is 11.0 Å². The standard InChI is InChI=1S/C17H23NOS/c1-12-3-4-16-14(9-12)11-17(19-16)15(18-2)10-13-5-7-20-8-6-13/h3-4,9,11,13,15,18H,5-8,10H2,1-2H3. The first-order valence-corrected chi connectivity index (χ1v) is 8.67. The van der Waals surface area contributed by atoms with Crippen LogP contribution in [-0.2, 0) is 0 Å². The minimum atomic E-state index is 0.343. The Labute approximate surface area is 125 Å². The van der Waals surface area contributed by atoms with Crippen molar-refractivity contribution in [2.75, 3.05) is 18.6 Å². The second-order valence-electron chi connectivity index (χ2n) is 5.82. The van der Waals surface area contributed by atoms with Gasteiger partial charge in [-0.25, -0.2) is 0 Å². The van der Waals surface area contributed by atoms with Crippen LogP contribution in [0.3, 0.4) is 0 Å². The molecule has 1 aliphatic rings. The van der Waals surface area contributed by atoms with Crippen molar-refractivity contribution >= 4 is 22.7 Å². The van der Waals surface area contributed by atoms with Crippen LogP contribution < -0.4 is 5.32 Å². The largest absolute Gasteiger partial charge is 0.459 e. The Kier molecular flexibility index (Phi) is 4.37. The highest BCUT2D eigenvalue weighted by molar-refractivity contribution is 7.99. The molecule has 1 fully saturated rings. The van der Waals surface area contributed by atoms with E-state index in [4.69, 9.17) is 4.42 Å². The molecular weight excluding hydrogens is 266 g/mol. The zero-order valence-electron chi connectivity index (χ0n) is 12.3. The molecule has 3 rings (SSSR count). The normalized spacial score (nSPS) is 18.5. The van der Waals surface area contributed by atoms with E-state index in [1.54, 1.807) is 0 Å². The summed E-state index contributed by atoms with van der Waals surface area (Å²) in [5, 5.41) is 4.66. The second kappa shape index (κ2) is 6.23. The van der Waals surface area contributed by atoms with Crippen LogP contribution in [0.5, 0.6) is 0 Å². The van der Waals surface area contributed by atoms with Crippen molar-refractivity contribution in [1.29, 1.82) is 0 Å². The van der Waals surface area contributed by atoms with Gasteiger partial charge in [-0.2, -0.15) is 11.8 Å². The van der Waals surface area contributed by atoms with Gasteiger partial charge in [0.2, 0.25) is 0 Å². The van der Waals surface area contributed by atoms with E-state index in [0.717, 1.165) is 17.3 Å². The van der Waals surface area contributed by atoms with Crippen LogP contribution in [0.4, 0.5) is 0 Å². The summed E-state index contributed by atoms with van der Waals surface area (Å²) in [6.45, 7) is 2.13. The molecule has 0 amide bonds. The number of thioether (sulfide) groups is 1. The average molecular weight is 289 g/mol. The van der Waals surface area contributed by atoms with Gasteiger partial charge in [0, 0.05) is 5.39 Å². The van der Waals surface area contributed by atoms with Gasteiger partial charge in [0.05, 0.1) is 6.04 Å². The molecule has 1 unspecified atom stereocenters. The zero-order valence-corrected chi connectivity index (χ0v) is 13.1. The summed E-state index contributed by atoms with van der Waals surface area (Å²) in [5.41, 5.74) is 2.29. The van der Waals surface area contributed by atoms with Crippen molar-refractivity contribution in [3.05, 3.63) is 35.6 Å². The number of hydrogen-bond acceptors (Lipinski definition) is 3. The molecule has 0 bridgehead atoms. The molecular formula is C17H23NOS. The third-order valence-electron chi connectivity index (χ3n) is 4.29. The van der Waals surface area contributed by atoms with E-state index in [2.05, 4.69) is 48.3 Å². The molecule has 0 aliphatic carbocycles. The number of benzene rings is 1. The summed E-state index contributed by atoms with van der Waals surface area (Å²) >= 11 is 2.09. The Morgan fingerprint density at radius 1 is 1.30 bits per heavy atom. The van der Waals surface area contributed by atoms with Gasteiger partial charge in [-0.3, -0.25) is 0 Å². The molecule has 1 saturated heterocycles. The van der Waals surface area contributed by atoms with E-state index in [-0.39, 0.29) is 0 Å². The predicted octanol–water partition coefficient (Wildman–Crippen LogP) is 4.54. The molecule has 2 heterocycles. The first-order valence-electron chi connectivity index (χ1n) is 7.51. The molecule has 1 aromatic carbocycles. The van der Waals surface area contributed by atoms with Crippen LogP contribution in [-0.4, -0.2) is 18.6 Å². The monoisotopic (exact) mass is 289 g/mol. The second-order valence-corrected chi connectivity index (χ2v) is 7.05. The van der Waals surface area contributed by atoms with Gasteiger partial charge in [0.15, 0.2) is 0 Å². The quantitative estimate of drug-likeness (QED) is 0.895. The summed E-state index contributed by atoms with van der Waals surface area (Å²) in [5.74, 6) is 4.57. The van der Waals surface area contributed by atoms with E-state index in [1.807, 2.05) is 7.05 Å². The van der Waals surface area contributed by atoms with Crippen molar-refractivity contribution in [2.24, 2.45) is 5.92 Å². The fraction of sp³-hybridized carbons (Fsp3) is 0.529. The lowest BCUT2D eigenvalue weighted by atomic mass is 9.93. The number of hydrogen-bond donors (Lipinski definition) is 1. The molecule has 0 saturated carbocycles. The van der Waals surface area contributed by atoms with Crippen LogP contribution in [0.1, 0.15) is 36.6 Å². The third kappa shape index (κ3) is 3.04. The topological polar surface area (TPSA) is 25.2 Å². The molecule has 1 aromatic heterocycles. The summed E-state index contributed by atoms with van der Waals surface area (Å²) in [7, 11) is 2.04. The summed E-state index contributed by atoms with van der Waals surface area (Å²) in [4.78, 5) is 0. The number of rotatable bonds is 4. The van der Waals surface area contributed by atoms with Gasteiger partial charge in [-0.1, -0.05) is 11.6 Å². The predicted molar refractivity (Wildman–Crippen MR) is 87.4 cm³/mol. The molecule has 2 nitrogen and oxygen atoms in total. The summed E-state index contributed by atoms with van der Waals surface area (Å²) < 4.78 is 6.05. The Morgan fingerprint density at radius 3 is 2.85 bits per heavy atom. The molecule has 0 spiro atoms. The van der Waals surface area contributed by atoms with Crippen LogP contribution >= 0.6 is 11.8 Å². The Bertz CT molecular complexity index is 571. The van der Waals surface area contributed by atoms with Gasteiger partial charge >= 0.3 is 0 Å². The first-order chi connectivity index (χ1) is 9.76. The Balaban J connectivity index is 1.79. The Hall–Kier alpha value is -0.930. The fourth-order valence-corrected chi connectivity index (χ4v) is 4.25. The number of aryl methyl sites for hydroxylation is 1. The van der Waals surface area contributed by atoms with E-state index >= 15 is 0 Å². The van der Waals surface area contributed by atoms with Crippen molar-refractivity contribution in [3.63, 3.8) is 0 Å². The minimum absolute atomic E-state index is 0.343. The van der Waals surface area contributed by atoms with Gasteiger partial charge in [-0.05, 0) is 68.9 Å². The number of furan rings is 1. The summed E-state index contributed by atoms with van der Waals surface area (Å²) in [6.07, 6.45) is 3.89. The average Bonchev–Trinajstić information content (AvgIpc) is 2.88. The lowest BCUT2D eigenvalue weighted by Crippen LogP contribution is -2.21. The van der Waals surface area contributed by atoms with Crippen LogP contribution in [0.15, 0.2) is 28.7 Å². The van der Waals surface area contributed by atoms with Gasteiger partial charge < -0.3 is 9.73 Å². The van der Waals surface area contributed by atoms with E-state index in [9.17, 15) is 0 Å². The summed E-state index contributed by atoms with van der Waals surface area (Å²) in [6, 6.07) is 8.95. The maximum Gasteiger partial charge on any atom is 0.134 e. The maximum absolute atomic E-state index is 6.05. The van der Waals surface area contributed by atoms with Crippen molar-refractivity contribution in [3.8, 4) is 0 Å². The van der Waals surface area contributed by atoms with Crippen molar-refractivity contribution in [2.45, 2.75) is 32.2 Å².